The predicted octanol–water partition coefficient (Wildman–Crippen LogP) is 5.27. The maximum atomic E-state index is 13.7. The lowest BCUT2D eigenvalue weighted by Crippen LogP contribution is -2.30. The standard InChI is InChI=1S/C25H21N3O/c29-25(28-15-7-13-24(28)19-10-6-14-26-17-19)21-16-23(18-8-2-1-3-9-18)27-22-12-5-4-11-20(21)22/h1-6,8-12,14,16-17,24H,7,13,15H2. The highest BCUT2D eigenvalue weighted by Gasteiger charge is 2.31. The van der Waals surface area contributed by atoms with Gasteiger partial charge in [0, 0.05) is 29.9 Å². The molecule has 1 amide bonds. The number of hydrogen-bond acceptors (Lipinski definition) is 3. The number of fused-ring (bicyclic) bond motifs is 1. The van der Waals surface area contributed by atoms with Crippen LogP contribution < -0.4 is 0 Å². The van der Waals surface area contributed by atoms with Gasteiger partial charge in [-0.3, -0.25) is 9.78 Å². The third kappa shape index (κ3) is 3.27. The van der Waals surface area contributed by atoms with Crippen molar-refractivity contribution in [3.8, 4) is 11.3 Å². The van der Waals surface area contributed by atoms with Gasteiger partial charge in [0.1, 0.15) is 0 Å². The summed E-state index contributed by atoms with van der Waals surface area (Å²) in [6.07, 6.45) is 5.61. The lowest BCUT2D eigenvalue weighted by Gasteiger charge is -2.25. The second-order valence-corrected chi connectivity index (χ2v) is 7.38. The number of hydrogen-bond donors (Lipinski definition) is 0. The fourth-order valence-electron chi connectivity index (χ4n) is 4.19. The molecule has 1 aliphatic heterocycles. The molecule has 0 bridgehead atoms. The van der Waals surface area contributed by atoms with E-state index in [1.165, 1.54) is 0 Å². The van der Waals surface area contributed by atoms with Crippen molar-refractivity contribution in [1.82, 2.24) is 14.9 Å². The van der Waals surface area contributed by atoms with Gasteiger partial charge >= 0.3 is 0 Å². The second kappa shape index (κ2) is 7.47. The van der Waals surface area contributed by atoms with E-state index < -0.39 is 0 Å². The van der Waals surface area contributed by atoms with Crippen molar-refractivity contribution in [2.75, 3.05) is 6.54 Å². The molecule has 2 aromatic carbocycles. The van der Waals surface area contributed by atoms with Gasteiger partial charge in [-0.1, -0.05) is 54.6 Å². The first-order chi connectivity index (χ1) is 14.3. The summed E-state index contributed by atoms with van der Waals surface area (Å²) in [5, 5.41) is 0.897. The van der Waals surface area contributed by atoms with E-state index in [1.54, 1.807) is 6.20 Å². The highest BCUT2D eigenvalue weighted by atomic mass is 16.2. The van der Waals surface area contributed by atoms with Gasteiger partial charge in [-0.25, -0.2) is 4.98 Å². The zero-order valence-electron chi connectivity index (χ0n) is 16.0. The normalized spacial score (nSPS) is 16.3. The fourth-order valence-corrected chi connectivity index (χ4v) is 4.19. The first kappa shape index (κ1) is 17.6. The minimum absolute atomic E-state index is 0.0622. The number of pyridine rings is 2. The Balaban J connectivity index is 1.61. The summed E-state index contributed by atoms with van der Waals surface area (Å²) in [6, 6.07) is 23.9. The van der Waals surface area contributed by atoms with Crippen LogP contribution in [0, 0.1) is 0 Å². The Kier molecular flexibility index (Phi) is 4.53. The van der Waals surface area contributed by atoms with Crippen LogP contribution in [-0.2, 0) is 0 Å². The Bertz CT molecular complexity index is 1160. The van der Waals surface area contributed by atoms with Gasteiger partial charge in [0.05, 0.1) is 22.8 Å². The van der Waals surface area contributed by atoms with Crippen LogP contribution in [0.15, 0.2) is 85.2 Å². The topological polar surface area (TPSA) is 46.1 Å². The summed E-state index contributed by atoms with van der Waals surface area (Å²) >= 11 is 0. The third-order valence-corrected chi connectivity index (χ3v) is 5.60. The Morgan fingerprint density at radius 3 is 2.62 bits per heavy atom. The van der Waals surface area contributed by atoms with E-state index in [1.807, 2.05) is 77.8 Å². The van der Waals surface area contributed by atoms with E-state index in [-0.39, 0.29) is 11.9 Å². The van der Waals surface area contributed by atoms with Gasteiger partial charge < -0.3 is 4.90 Å². The number of carbonyl (C=O) groups is 1. The largest absolute Gasteiger partial charge is 0.332 e. The summed E-state index contributed by atoms with van der Waals surface area (Å²) in [5.41, 5.74) is 4.49. The van der Waals surface area contributed by atoms with E-state index in [4.69, 9.17) is 4.98 Å². The van der Waals surface area contributed by atoms with Gasteiger partial charge in [0.15, 0.2) is 0 Å². The molecule has 29 heavy (non-hydrogen) atoms. The molecule has 1 aliphatic rings. The molecule has 142 valence electrons. The Labute approximate surface area is 169 Å². The van der Waals surface area contributed by atoms with Crippen LogP contribution in [0.3, 0.4) is 0 Å². The van der Waals surface area contributed by atoms with Crippen LogP contribution in [0.25, 0.3) is 22.2 Å². The lowest BCUT2D eigenvalue weighted by molar-refractivity contribution is 0.0737. The van der Waals surface area contributed by atoms with Gasteiger partial charge in [-0.15, -0.1) is 0 Å². The molecule has 1 fully saturated rings. The fraction of sp³-hybridized carbons (Fsp3) is 0.160. The molecule has 4 aromatic rings. The van der Waals surface area contributed by atoms with Crippen molar-refractivity contribution in [3.05, 3.63) is 96.3 Å². The Morgan fingerprint density at radius 1 is 0.966 bits per heavy atom. The summed E-state index contributed by atoms with van der Waals surface area (Å²) in [6.45, 7) is 0.760. The number of nitrogens with zero attached hydrogens (tertiary/aromatic N) is 3. The first-order valence-electron chi connectivity index (χ1n) is 9.97. The molecular weight excluding hydrogens is 358 g/mol. The predicted molar refractivity (Wildman–Crippen MR) is 114 cm³/mol. The molecule has 0 radical (unpaired) electrons. The lowest BCUT2D eigenvalue weighted by atomic mass is 10.0. The molecule has 0 spiro atoms. The summed E-state index contributed by atoms with van der Waals surface area (Å²) < 4.78 is 0. The van der Waals surface area contributed by atoms with Gasteiger partial charge in [0.2, 0.25) is 0 Å². The van der Waals surface area contributed by atoms with Crippen LogP contribution in [0.1, 0.15) is 34.8 Å². The van der Waals surface area contributed by atoms with E-state index in [0.717, 1.165) is 47.1 Å². The molecule has 3 heterocycles. The van der Waals surface area contributed by atoms with Gasteiger partial charge in [-0.2, -0.15) is 0 Å². The van der Waals surface area contributed by atoms with E-state index in [2.05, 4.69) is 11.1 Å². The van der Waals surface area contributed by atoms with Crippen molar-refractivity contribution in [2.24, 2.45) is 0 Å². The van der Waals surface area contributed by atoms with Crippen molar-refractivity contribution in [1.29, 1.82) is 0 Å². The van der Waals surface area contributed by atoms with Gasteiger partial charge in [-0.05, 0) is 36.6 Å². The molecule has 1 saturated heterocycles. The van der Waals surface area contributed by atoms with Crippen LogP contribution in [0.5, 0.6) is 0 Å². The van der Waals surface area contributed by atoms with Crippen molar-refractivity contribution >= 4 is 16.8 Å². The van der Waals surface area contributed by atoms with Crippen LogP contribution >= 0.6 is 0 Å². The number of likely N-dealkylation sites (tertiary alicyclic amines) is 1. The molecule has 0 aliphatic carbocycles. The summed E-state index contributed by atoms with van der Waals surface area (Å²) in [5.74, 6) is 0.0622. The van der Waals surface area contributed by atoms with Crippen LogP contribution in [0.4, 0.5) is 0 Å². The molecule has 0 N–H and O–H groups in total. The molecule has 2 aromatic heterocycles. The molecular formula is C25H21N3O. The minimum atomic E-state index is 0.0622. The molecule has 1 unspecified atom stereocenters. The van der Waals surface area contributed by atoms with Crippen LogP contribution in [0.2, 0.25) is 0 Å². The Hall–Kier alpha value is -3.53. The van der Waals surface area contributed by atoms with Crippen molar-refractivity contribution < 1.29 is 4.79 Å². The number of amides is 1. The molecule has 4 nitrogen and oxygen atoms in total. The van der Waals surface area contributed by atoms with Crippen molar-refractivity contribution in [2.45, 2.75) is 18.9 Å². The SMILES string of the molecule is O=C(c1cc(-c2ccccc2)nc2ccccc12)N1CCCC1c1cccnc1. The molecule has 5 rings (SSSR count). The maximum absolute atomic E-state index is 13.7. The zero-order valence-corrected chi connectivity index (χ0v) is 16.0. The number of para-hydroxylation sites is 1. The van der Waals surface area contributed by atoms with Crippen LogP contribution in [-0.4, -0.2) is 27.3 Å². The molecule has 0 saturated carbocycles. The van der Waals surface area contributed by atoms with E-state index in [0.29, 0.717) is 5.56 Å². The number of rotatable bonds is 3. The quantitative estimate of drug-likeness (QED) is 0.487. The first-order valence-corrected chi connectivity index (χ1v) is 9.97. The number of benzene rings is 2. The van der Waals surface area contributed by atoms with E-state index in [9.17, 15) is 4.79 Å². The third-order valence-electron chi connectivity index (χ3n) is 5.60. The average molecular weight is 379 g/mol. The highest BCUT2D eigenvalue weighted by Crippen LogP contribution is 2.34. The molecule has 4 heteroatoms. The monoisotopic (exact) mass is 379 g/mol. The summed E-state index contributed by atoms with van der Waals surface area (Å²) in [7, 11) is 0. The maximum Gasteiger partial charge on any atom is 0.255 e. The van der Waals surface area contributed by atoms with Gasteiger partial charge in [0.25, 0.3) is 5.91 Å². The average Bonchev–Trinajstić information content (AvgIpc) is 3.29. The highest BCUT2D eigenvalue weighted by molar-refractivity contribution is 6.07. The number of aromatic nitrogens is 2. The second-order valence-electron chi connectivity index (χ2n) is 7.38. The Morgan fingerprint density at radius 2 is 1.79 bits per heavy atom. The number of carbonyl (C=O) groups excluding carboxylic acids is 1. The van der Waals surface area contributed by atoms with Crippen molar-refractivity contribution in [3.63, 3.8) is 0 Å². The minimum Gasteiger partial charge on any atom is -0.332 e. The zero-order chi connectivity index (χ0) is 19.6. The van der Waals surface area contributed by atoms with E-state index >= 15 is 0 Å². The summed E-state index contributed by atoms with van der Waals surface area (Å²) in [4.78, 5) is 24.8. The molecule has 1 atom stereocenters. The smallest absolute Gasteiger partial charge is 0.255 e.